The van der Waals surface area contributed by atoms with Crippen LogP contribution in [0.25, 0.3) is 11.1 Å². The summed E-state index contributed by atoms with van der Waals surface area (Å²) >= 11 is 0. The summed E-state index contributed by atoms with van der Waals surface area (Å²) in [5.74, 6) is 0.780. The van der Waals surface area contributed by atoms with Crippen molar-refractivity contribution in [1.29, 1.82) is 0 Å². The van der Waals surface area contributed by atoms with Gasteiger partial charge in [-0.3, -0.25) is 0 Å². The van der Waals surface area contributed by atoms with Crippen molar-refractivity contribution < 1.29 is 14.3 Å². The molecule has 0 spiro atoms. The van der Waals surface area contributed by atoms with E-state index in [0.29, 0.717) is 17.6 Å². The van der Waals surface area contributed by atoms with E-state index in [1.54, 1.807) is 0 Å². The largest absolute Gasteiger partial charge is 0.491 e. The smallest absolute Gasteiger partial charge is 0.137 e. The van der Waals surface area contributed by atoms with Gasteiger partial charge in [-0.05, 0) is 30.2 Å². The van der Waals surface area contributed by atoms with Crippen molar-refractivity contribution in [2.75, 3.05) is 27.2 Å². The van der Waals surface area contributed by atoms with Crippen molar-refractivity contribution in [1.82, 2.24) is 0 Å². The van der Waals surface area contributed by atoms with Crippen molar-refractivity contribution in [2.45, 2.75) is 19.6 Å². The molecular weight excluding hydrogens is 346 g/mol. The number of hydrogen-bond acceptors (Lipinski definition) is 2. The van der Waals surface area contributed by atoms with Gasteiger partial charge in [0.05, 0.1) is 14.1 Å². The van der Waals surface area contributed by atoms with Crippen LogP contribution in [0.5, 0.6) is 5.75 Å². The first-order chi connectivity index (χ1) is 13.4. The van der Waals surface area contributed by atoms with Gasteiger partial charge in [-0.25, -0.2) is 0 Å². The molecule has 3 rings (SSSR count). The third-order valence-electron chi connectivity index (χ3n) is 4.84. The van der Waals surface area contributed by atoms with Gasteiger partial charge in [0.2, 0.25) is 0 Å². The van der Waals surface area contributed by atoms with Gasteiger partial charge in [-0.2, -0.15) is 0 Å². The fourth-order valence-corrected chi connectivity index (χ4v) is 3.44. The first-order valence-corrected chi connectivity index (χ1v) is 9.75. The van der Waals surface area contributed by atoms with Crippen LogP contribution < -0.4 is 4.74 Å². The molecule has 0 heterocycles. The van der Waals surface area contributed by atoms with Gasteiger partial charge in [-0.15, -0.1) is 0 Å². The minimum atomic E-state index is -0.519. The Bertz CT molecular complexity index is 855. The molecule has 0 unspecified atom stereocenters. The van der Waals surface area contributed by atoms with Crippen molar-refractivity contribution in [3.05, 3.63) is 90.0 Å². The van der Waals surface area contributed by atoms with Gasteiger partial charge >= 0.3 is 0 Å². The molecule has 28 heavy (non-hydrogen) atoms. The van der Waals surface area contributed by atoms with Crippen LogP contribution >= 0.6 is 0 Å². The maximum Gasteiger partial charge on any atom is 0.137 e. The summed E-state index contributed by atoms with van der Waals surface area (Å²) in [5, 5.41) is 10.5. The Kier molecular flexibility index (Phi) is 6.50. The number of likely N-dealkylation sites (N-methyl/N-ethyl adjacent to an activating group) is 1. The van der Waals surface area contributed by atoms with Crippen LogP contribution in [0.3, 0.4) is 0 Å². The SMILES string of the molecule is Cc1ccc(C[N+](C)(C)C[C@@H](O)COc2ccc(-c3ccccc3)cc2)cc1. The van der Waals surface area contributed by atoms with Crippen molar-refractivity contribution in [2.24, 2.45) is 0 Å². The molecule has 0 aliphatic rings. The summed E-state index contributed by atoms with van der Waals surface area (Å²) in [5.41, 5.74) is 4.88. The Morgan fingerprint density at radius 1 is 0.821 bits per heavy atom. The zero-order valence-corrected chi connectivity index (χ0v) is 17.0. The summed E-state index contributed by atoms with van der Waals surface area (Å²) in [4.78, 5) is 0. The molecule has 3 heteroatoms. The third kappa shape index (κ3) is 5.95. The van der Waals surface area contributed by atoms with Gasteiger partial charge in [0.25, 0.3) is 0 Å². The normalized spacial score (nSPS) is 12.6. The van der Waals surface area contributed by atoms with Crippen LogP contribution in [0.1, 0.15) is 11.1 Å². The second-order valence-corrected chi connectivity index (χ2v) is 8.12. The fourth-order valence-electron chi connectivity index (χ4n) is 3.44. The predicted molar refractivity (Wildman–Crippen MR) is 115 cm³/mol. The minimum Gasteiger partial charge on any atom is -0.491 e. The lowest BCUT2D eigenvalue weighted by atomic mass is 10.1. The average molecular weight is 377 g/mol. The van der Waals surface area contributed by atoms with E-state index in [4.69, 9.17) is 4.74 Å². The Labute approximate surface area is 168 Å². The lowest BCUT2D eigenvalue weighted by Crippen LogP contribution is -2.46. The second-order valence-electron chi connectivity index (χ2n) is 8.12. The molecule has 0 fully saturated rings. The summed E-state index contributed by atoms with van der Waals surface area (Å²) < 4.78 is 6.52. The quantitative estimate of drug-likeness (QED) is 0.579. The van der Waals surface area contributed by atoms with Crippen molar-refractivity contribution in [3.8, 4) is 16.9 Å². The standard InChI is InChI=1S/C25H30NO2/c1-20-9-11-21(12-10-20)17-26(2,3)18-24(27)19-28-25-15-13-23(14-16-25)22-7-5-4-6-8-22/h4-16,24,27H,17-19H2,1-3H3/q+1/t24-/m1/s1. The highest BCUT2D eigenvalue weighted by molar-refractivity contribution is 5.63. The first-order valence-electron chi connectivity index (χ1n) is 9.75. The molecule has 0 aliphatic carbocycles. The number of benzene rings is 3. The van der Waals surface area contributed by atoms with Gasteiger partial charge < -0.3 is 14.3 Å². The van der Waals surface area contributed by atoms with E-state index >= 15 is 0 Å². The van der Waals surface area contributed by atoms with Crippen LogP contribution in [0.15, 0.2) is 78.9 Å². The molecule has 3 aromatic rings. The highest BCUT2D eigenvalue weighted by Crippen LogP contribution is 2.22. The number of hydrogen-bond donors (Lipinski definition) is 1. The highest BCUT2D eigenvalue weighted by Gasteiger charge is 2.21. The first kappa shape index (κ1) is 20.1. The summed E-state index contributed by atoms with van der Waals surface area (Å²) in [7, 11) is 4.27. The van der Waals surface area contributed by atoms with Gasteiger partial charge in [0, 0.05) is 5.56 Å². The molecule has 0 amide bonds. The number of ether oxygens (including phenoxy) is 1. The number of aliphatic hydroxyl groups is 1. The van der Waals surface area contributed by atoms with E-state index in [1.807, 2.05) is 30.3 Å². The van der Waals surface area contributed by atoms with Gasteiger partial charge in [0.15, 0.2) is 0 Å². The fraction of sp³-hybridized carbons (Fsp3) is 0.280. The van der Waals surface area contributed by atoms with Crippen LogP contribution in [0.2, 0.25) is 0 Å². The molecule has 3 aromatic carbocycles. The molecule has 1 atom stereocenters. The minimum absolute atomic E-state index is 0.292. The Hall–Kier alpha value is -2.62. The Balaban J connectivity index is 1.50. The molecule has 0 aromatic heterocycles. The van der Waals surface area contributed by atoms with Crippen LogP contribution in [0.4, 0.5) is 0 Å². The van der Waals surface area contributed by atoms with E-state index < -0.39 is 6.10 Å². The van der Waals surface area contributed by atoms with E-state index in [1.165, 1.54) is 16.7 Å². The molecule has 0 aliphatic heterocycles. The molecular formula is C25H30NO2+. The zero-order valence-electron chi connectivity index (χ0n) is 17.0. The monoisotopic (exact) mass is 376 g/mol. The van der Waals surface area contributed by atoms with Gasteiger partial charge in [0.1, 0.15) is 31.5 Å². The van der Waals surface area contributed by atoms with Crippen molar-refractivity contribution >= 4 is 0 Å². The summed E-state index contributed by atoms with van der Waals surface area (Å²) in [6, 6.07) is 26.9. The van der Waals surface area contributed by atoms with E-state index in [9.17, 15) is 5.11 Å². The Morgan fingerprint density at radius 3 is 2.07 bits per heavy atom. The Morgan fingerprint density at radius 2 is 1.43 bits per heavy atom. The predicted octanol–water partition coefficient (Wildman–Crippen LogP) is 4.68. The average Bonchev–Trinajstić information content (AvgIpc) is 2.69. The van der Waals surface area contributed by atoms with E-state index in [2.05, 4.69) is 69.6 Å². The second kappa shape index (κ2) is 9.05. The van der Waals surface area contributed by atoms with Crippen LogP contribution in [0, 0.1) is 6.92 Å². The lowest BCUT2D eigenvalue weighted by Gasteiger charge is -2.32. The van der Waals surface area contributed by atoms with Crippen molar-refractivity contribution in [3.63, 3.8) is 0 Å². The van der Waals surface area contributed by atoms with E-state index in [0.717, 1.165) is 17.9 Å². The van der Waals surface area contributed by atoms with Gasteiger partial charge in [-0.1, -0.05) is 72.3 Å². The number of aryl methyl sites for hydroxylation is 1. The topological polar surface area (TPSA) is 29.5 Å². The molecule has 146 valence electrons. The molecule has 1 N–H and O–H groups in total. The number of quaternary nitrogens is 1. The molecule has 0 saturated heterocycles. The van der Waals surface area contributed by atoms with Crippen LogP contribution in [-0.4, -0.2) is 42.9 Å². The summed E-state index contributed by atoms with van der Waals surface area (Å²) in [6.07, 6.45) is -0.519. The number of rotatable bonds is 8. The third-order valence-corrected chi connectivity index (χ3v) is 4.84. The van der Waals surface area contributed by atoms with E-state index in [-0.39, 0.29) is 0 Å². The van der Waals surface area contributed by atoms with Crippen LogP contribution in [-0.2, 0) is 6.54 Å². The number of nitrogens with zero attached hydrogens (tertiary/aromatic N) is 1. The number of aliphatic hydroxyl groups excluding tert-OH is 1. The molecule has 0 saturated carbocycles. The maximum absolute atomic E-state index is 10.5. The zero-order chi connectivity index (χ0) is 20.0. The maximum atomic E-state index is 10.5. The highest BCUT2D eigenvalue weighted by atomic mass is 16.5. The molecule has 3 nitrogen and oxygen atoms in total. The lowest BCUT2D eigenvalue weighted by molar-refractivity contribution is -0.906. The summed E-state index contributed by atoms with van der Waals surface area (Å²) in [6.45, 7) is 3.90. The molecule has 0 radical (unpaired) electrons. The molecule has 0 bridgehead atoms.